The second-order valence-electron chi connectivity index (χ2n) is 9.17. The van der Waals surface area contributed by atoms with Crippen LogP contribution in [0.1, 0.15) is 56.8 Å². The molecule has 1 aliphatic carbocycles. The van der Waals surface area contributed by atoms with E-state index in [9.17, 15) is 9.59 Å². The van der Waals surface area contributed by atoms with Crippen LogP contribution in [0.4, 0.5) is 5.82 Å². The van der Waals surface area contributed by atoms with Crippen molar-refractivity contribution in [3.8, 4) is 11.5 Å². The van der Waals surface area contributed by atoms with Gasteiger partial charge in [0, 0.05) is 12.5 Å². The first kappa shape index (κ1) is 24.5. The number of nitrogens with zero attached hydrogens (tertiary/aromatic N) is 1. The molecule has 0 bridgehead atoms. The molecule has 0 aliphatic heterocycles. The Balaban J connectivity index is 1.31. The third-order valence-electron chi connectivity index (χ3n) is 6.25. The number of aromatic nitrogens is 1. The molecular weight excluding hydrogens is 442 g/mol. The molecule has 2 N–H and O–H groups in total. The van der Waals surface area contributed by atoms with Gasteiger partial charge in [0.2, 0.25) is 11.8 Å². The van der Waals surface area contributed by atoms with Crippen molar-refractivity contribution in [1.29, 1.82) is 0 Å². The Labute approximate surface area is 206 Å². The van der Waals surface area contributed by atoms with E-state index in [1.807, 2.05) is 61.5 Å². The summed E-state index contributed by atoms with van der Waals surface area (Å²) in [5.41, 5.74) is 0.805. The molecule has 184 valence electrons. The van der Waals surface area contributed by atoms with Gasteiger partial charge in [-0.05, 0) is 42.2 Å². The lowest BCUT2D eigenvalue weighted by molar-refractivity contribution is -0.126. The minimum Gasteiger partial charge on any atom is -0.457 e. The summed E-state index contributed by atoms with van der Waals surface area (Å²) in [5.74, 6) is 2.69. The molecule has 1 unspecified atom stereocenters. The van der Waals surface area contributed by atoms with Crippen molar-refractivity contribution in [2.24, 2.45) is 5.92 Å². The van der Waals surface area contributed by atoms with Gasteiger partial charge in [-0.1, -0.05) is 74.5 Å². The lowest BCUT2D eigenvalue weighted by Crippen LogP contribution is -2.44. The van der Waals surface area contributed by atoms with Crippen LogP contribution in [0.2, 0.25) is 0 Å². The van der Waals surface area contributed by atoms with Crippen LogP contribution in [0, 0.1) is 5.92 Å². The molecule has 0 spiro atoms. The van der Waals surface area contributed by atoms with E-state index in [0.29, 0.717) is 23.9 Å². The first-order chi connectivity index (χ1) is 17.1. The molecule has 0 radical (unpaired) electrons. The van der Waals surface area contributed by atoms with E-state index in [4.69, 9.17) is 9.26 Å². The molecule has 1 atom stereocenters. The fraction of sp³-hybridized carbons (Fsp3) is 0.393. The van der Waals surface area contributed by atoms with Gasteiger partial charge in [-0.3, -0.25) is 9.59 Å². The van der Waals surface area contributed by atoms with Gasteiger partial charge in [-0.25, -0.2) is 0 Å². The summed E-state index contributed by atoms with van der Waals surface area (Å²) in [6.07, 6.45) is 7.25. The zero-order chi connectivity index (χ0) is 24.5. The van der Waals surface area contributed by atoms with Gasteiger partial charge >= 0.3 is 0 Å². The van der Waals surface area contributed by atoms with Gasteiger partial charge in [-0.2, -0.15) is 0 Å². The van der Waals surface area contributed by atoms with E-state index in [1.165, 1.54) is 25.7 Å². The highest BCUT2D eigenvalue weighted by molar-refractivity contribution is 5.96. The van der Waals surface area contributed by atoms with Crippen LogP contribution in [0.25, 0.3) is 0 Å². The number of amides is 2. The van der Waals surface area contributed by atoms with Crippen molar-refractivity contribution >= 4 is 17.6 Å². The van der Waals surface area contributed by atoms with Crippen molar-refractivity contribution in [3.63, 3.8) is 0 Å². The summed E-state index contributed by atoms with van der Waals surface area (Å²) in [7, 11) is 0. The third-order valence-corrected chi connectivity index (χ3v) is 6.25. The van der Waals surface area contributed by atoms with Gasteiger partial charge in [0.1, 0.15) is 23.3 Å². The van der Waals surface area contributed by atoms with Gasteiger partial charge in [-0.15, -0.1) is 0 Å². The lowest BCUT2D eigenvalue weighted by Gasteiger charge is -2.17. The quantitative estimate of drug-likeness (QED) is 0.373. The number of benzene rings is 2. The Bertz CT molecular complexity index is 1110. The molecule has 35 heavy (non-hydrogen) atoms. The summed E-state index contributed by atoms with van der Waals surface area (Å²) in [6.45, 7) is 1.98. The smallest absolute Gasteiger partial charge is 0.248 e. The number of carbonyl (C=O) groups excluding carboxylic acids is 2. The average molecular weight is 476 g/mol. The van der Waals surface area contributed by atoms with Crippen LogP contribution >= 0.6 is 0 Å². The van der Waals surface area contributed by atoms with Crippen molar-refractivity contribution in [2.75, 3.05) is 5.32 Å². The number of hydrogen-bond acceptors (Lipinski definition) is 5. The van der Waals surface area contributed by atoms with E-state index in [2.05, 4.69) is 15.8 Å². The molecule has 7 nitrogen and oxygen atoms in total. The fourth-order valence-electron chi connectivity index (χ4n) is 4.51. The molecule has 1 saturated carbocycles. The maximum atomic E-state index is 12.9. The highest BCUT2D eigenvalue weighted by Gasteiger charge is 2.22. The van der Waals surface area contributed by atoms with Crippen LogP contribution in [-0.4, -0.2) is 23.0 Å². The largest absolute Gasteiger partial charge is 0.457 e. The first-order valence-corrected chi connectivity index (χ1v) is 12.5. The van der Waals surface area contributed by atoms with Gasteiger partial charge in [0.25, 0.3) is 0 Å². The maximum absolute atomic E-state index is 12.9. The summed E-state index contributed by atoms with van der Waals surface area (Å²) in [4.78, 5) is 25.6. The van der Waals surface area contributed by atoms with Crippen LogP contribution in [0.15, 0.2) is 65.2 Å². The van der Waals surface area contributed by atoms with E-state index in [0.717, 1.165) is 29.9 Å². The SMILES string of the molecule is CCCC(NC(=O)Cc1cccc(Oc2ccccc2)c1)C(=O)Nc1cc(CC2CCCC2)on1. The minimum absolute atomic E-state index is 0.148. The summed E-state index contributed by atoms with van der Waals surface area (Å²) in [6, 6.07) is 18.0. The molecule has 3 aromatic rings. The molecule has 7 heteroatoms. The Hall–Kier alpha value is -3.61. The Morgan fingerprint density at radius 3 is 2.60 bits per heavy atom. The monoisotopic (exact) mass is 475 g/mol. The van der Waals surface area contributed by atoms with Gasteiger partial charge in [0.05, 0.1) is 6.42 Å². The van der Waals surface area contributed by atoms with Crippen molar-refractivity contribution in [1.82, 2.24) is 10.5 Å². The minimum atomic E-state index is -0.647. The molecule has 2 aromatic carbocycles. The van der Waals surface area contributed by atoms with E-state index in [-0.39, 0.29) is 18.2 Å². The van der Waals surface area contributed by atoms with Gasteiger partial charge in [0.15, 0.2) is 5.82 Å². The summed E-state index contributed by atoms with van der Waals surface area (Å²) >= 11 is 0. The highest BCUT2D eigenvalue weighted by Crippen LogP contribution is 2.28. The molecule has 4 rings (SSSR count). The third kappa shape index (κ3) is 7.44. The number of ether oxygens (including phenoxy) is 1. The van der Waals surface area contributed by atoms with E-state index >= 15 is 0 Å². The molecule has 1 aliphatic rings. The fourth-order valence-corrected chi connectivity index (χ4v) is 4.51. The van der Waals surface area contributed by atoms with E-state index in [1.54, 1.807) is 6.07 Å². The molecule has 1 fully saturated rings. The Morgan fingerprint density at radius 1 is 1.06 bits per heavy atom. The molecule has 0 saturated heterocycles. The highest BCUT2D eigenvalue weighted by atomic mass is 16.5. The van der Waals surface area contributed by atoms with Crippen LogP contribution in [0.3, 0.4) is 0 Å². The van der Waals surface area contributed by atoms with Crippen molar-refractivity contribution in [2.45, 2.75) is 64.3 Å². The molecule has 1 aromatic heterocycles. The standard InChI is InChI=1S/C28H33N3O4/c1-2-9-25(28(33)30-26-19-24(35-31-26)16-20-10-6-7-11-20)29-27(32)18-21-12-8-15-23(17-21)34-22-13-4-3-5-14-22/h3-5,8,12-15,17,19-20,25H,2,6-7,9-11,16,18H2,1H3,(H,29,32)(H,30,31,33). The van der Waals surface area contributed by atoms with Crippen LogP contribution < -0.4 is 15.4 Å². The second-order valence-corrected chi connectivity index (χ2v) is 9.17. The Morgan fingerprint density at radius 2 is 1.83 bits per heavy atom. The molecular formula is C28H33N3O4. The zero-order valence-electron chi connectivity index (χ0n) is 20.2. The Kier molecular flexibility index (Phi) is 8.54. The van der Waals surface area contributed by atoms with Crippen LogP contribution in [-0.2, 0) is 22.4 Å². The van der Waals surface area contributed by atoms with Gasteiger partial charge < -0.3 is 19.9 Å². The number of rotatable bonds is 11. The zero-order valence-corrected chi connectivity index (χ0v) is 20.2. The average Bonchev–Trinajstić information content (AvgIpc) is 3.52. The first-order valence-electron chi connectivity index (χ1n) is 12.5. The predicted octanol–water partition coefficient (Wildman–Crippen LogP) is 5.67. The number of para-hydroxylation sites is 1. The number of anilines is 1. The predicted molar refractivity (Wildman–Crippen MR) is 134 cm³/mol. The number of carbonyl (C=O) groups is 2. The summed E-state index contributed by atoms with van der Waals surface area (Å²) < 4.78 is 11.3. The maximum Gasteiger partial charge on any atom is 0.248 e. The topological polar surface area (TPSA) is 93.5 Å². The summed E-state index contributed by atoms with van der Waals surface area (Å²) in [5, 5.41) is 9.67. The normalized spacial score (nSPS) is 14.4. The molecule has 1 heterocycles. The molecule has 2 amide bonds. The van der Waals surface area contributed by atoms with Crippen molar-refractivity contribution in [3.05, 3.63) is 72.0 Å². The van der Waals surface area contributed by atoms with Crippen LogP contribution in [0.5, 0.6) is 11.5 Å². The van der Waals surface area contributed by atoms with Crippen molar-refractivity contribution < 1.29 is 18.8 Å². The van der Waals surface area contributed by atoms with E-state index < -0.39 is 6.04 Å². The second kappa shape index (κ2) is 12.2. The lowest BCUT2D eigenvalue weighted by atomic mass is 10.0. The number of hydrogen-bond donors (Lipinski definition) is 2. The number of nitrogens with one attached hydrogen (secondary N) is 2.